The summed E-state index contributed by atoms with van der Waals surface area (Å²) in [5.41, 5.74) is 0.108. The molecule has 0 aliphatic heterocycles. The van der Waals surface area contributed by atoms with Gasteiger partial charge in [0.1, 0.15) is 0 Å². The lowest BCUT2D eigenvalue weighted by Gasteiger charge is -2.21. The molecule has 0 fully saturated rings. The minimum atomic E-state index is -5.25. The van der Waals surface area contributed by atoms with Crippen molar-refractivity contribution < 1.29 is 41.0 Å². The largest absolute Gasteiger partial charge is 0.462 e. The normalized spacial score (nSPS) is 11.9. The summed E-state index contributed by atoms with van der Waals surface area (Å²) in [5, 5.41) is 0. The van der Waals surface area contributed by atoms with Crippen molar-refractivity contribution in [3.8, 4) is 0 Å². The summed E-state index contributed by atoms with van der Waals surface area (Å²) in [4.78, 5) is 21.6. The van der Waals surface area contributed by atoms with Gasteiger partial charge in [0.15, 0.2) is 6.67 Å². The van der Waals surface area contributed by atoms with E-state index in [0.717, 1.165) is 0 Å². The molecule has 20 heavy (non-hydrogen) atoms. The van der Waals surface area contributed by atoms with Crippen LogP contribution in [0.4, 0.5) is 22.0 Å². The van der Waals surface area contributed by atoms with E-state index in [1.807, 2.05) is 0 Å². The lowest BCUT2D eigenvalue weighted by molar-refractivity contribution is -0.232. The monoisotopic (exact) mass is 304 g/mol. The molecule has 0 atom stereocenters. The van der Waals surface area contributed by atoms with Crippen LogP contribution in [-0.2, 0) is 19.1 Å². The molecule has 0 aromatic carbocycles. The van der Waals surface area contributed by atoms with Crippen LogP contribution < -0.4 is 0 Å². The smallest absolute Gasteiger partial charge is 0.407 e. The van der Waals surface area contributed by atoms with E-state index in [1.54, 1.807) is 0 Å². The molecular weight excluding hydrogens is 291 g/mol. The second-order valence-corrected chi connectivity index (χ2v) is 3.82. The van der Waals surface area contributed by atoms with Crippen molar-refractivity contribution in [3.05, 3.63) is 12.2 Å². The summed E-state index contributed by atoms with van der Waals surface area (Å²) in [6.45, 7) is 1.01. The Kier molecular flexibility index (Phi) is 6.60. The maximum Gasteiger partial charge on any atom is 0.407 e. The third-order valence-electron chi connectivity index (χ3n) is 1.99. The van der Waals surface area contributed by atoms with Gasteiger partial charge in [0.25, 0.3) is 0 Å². The molecule has 0 aromatic rings. The van der Waals surface area contributed by atoms with Crippen LogP contribution >= 0.6 is 0 Å². The lowest BCUT2D eigenvalue weighted by atomic mass is 10.2. The van der Waals surface area contributed by atoms with Gasteiger partial charge in [0.2, 0.25) is 0 Å². The molecule has 0 N–H and O–H groups in total. The first-order valence-electron chi connectivity index (χ1n) is 5.37. The zero-order valence-electron chi connectivity index (χ0n) is 10.6. The average molecular weight is 304 g/mol. The summed E-state index contributed by atoms with van der Waals surface area (Å²) in [6, 6.07) is 0. The molecule has 0 rings (SSSR count). The molecular formula is C11H13F5O4. The Morgan fingerprint density at radius 1 is 1.10 bits per heavy atom. The fourth-order valence-corrected chi connectivity index (χ4v) is 0.836. The van der Waals surface area contributed by atoms with E-state index < -0.39 is 37.1 Å². The SMILES string of the molecule is C=C(C)C(=O)OCCCOC(=O)C(F)(F)C(F)(F)CF. The zero-order chi connectivity index (χ0) is 16.0. The Labute approximate surface area is 111 Å². The molecule has 116 valence electrons. The first kappa shape index (κ1) is 18.3. The molecule has 0 bridgehead atoms. The fraction of sp³-hybridized carbons (Fsp3) is 0.636. The summed E-state index contributed by atoms with van der Waals surface area (Å²) in [5.74, 6) is -13.6. The van der Waals surface area contributed by atoms with Gasteiger partial charge in [-0.05, 0) is 6.92 Å². The second-order valence-electron chi connectivity index (χ2n) is 3.82. The fourth-order valence-electron chi connectivity index (χ4n) is 0.836. The minimum absolute atomic E-state index is 0.108. The van der Waals surface area contributed by atoms with Crippen molar-refractivity contribution in [1.29, 1.82) is 0 Å². The van der Waals surface area contributed by atoms with Crippen LogP contribution in [0.15, 0.2) is 12.2 Å². The third-order valence-corrected chi connectivity index (χ3v) is 1.99. The van der Waals surface area contributed by atoms with E-state index in [0.29, 0.717) is 0 Å². The average Bonchev–Trinajstić information content (AvgIpc) is 2.37. The highest BCUT2D eigenvalue weighted by atomic mass is 19.3. The molecule has 0 spiro atoms. The van der Waals surface area contributed by atoms with Crippen LogP contribution in [0.2, 0.25) is 0 Å². The number of rotatable bonds is 8. The van der Waals surface area contributed by atoms with Crippen molar-refractivity contribution in [3.63, 3.8) is 0 Å². The molecule has 0 aliphatic rings. The van der Waals surface area contributed by atoms with Gasteiger partial charge >= 0.3 is 23.8 Å². The van der Waals surface area contributed by atoms with E-state index in [1.165, 1.54) is 6.92 Å². The van der Waals surface area contributed by atoms with Crippen LogP contribution in [0.3, 0.4) is 0 Å². The number of ether oxygens (including phenoxy) is 2. The first-order valence-corrected chi connectivity index (χ1v) is 5.37. The molecule has 0 saturated heterocycles. The Balaban J connectivity index is 4.12. The minimum Gasteiger partial charge on any atom is -0.462 e. The Morgan fingerprint density at radius 2 is 1.60 bits per heavy atom. The highest BCUT2D eigenvalue weighted by molar-refractivity contribution is 5.86. The van der Waals surface area contributed by atoms with Crippen LogP contribution in [-0.4, -0.2) is 43.7 Å². The molecule has 0 amide bonds. The second kappa shape index (κ2) is 7.20. The van der Waals surface area contributed by atoms with Crippen molar-refractivity contribution in [2.45, 2.75) is 25.2 Å². The van der Waals surface area contributed by atoms with Crippen molar-refractivity contribution in [1.82, 2.24) is 0 Å². The van der Waals surface area contributed by atoms with E-state index in [2.05, 4.69) is 16.1 Å². The zero-order valence-corrected chi connectivity index (χ0v) is 10.6. The summed E-state index contributed by atoms with van der Waals surface area (Å²) in [6.07, 6.45) is -0.179. The molecule has 9 heteroatoms. The number of alkyl halides is 5. The molecule has 0 aliphatic carbocycles. The summed E-state index contributed by atoms with van der Waals surface area (Å²) in [7, 11) is 0. The van der Waals surface area contributed by atoms with Gasteiger partial charge in [0, 0.05) is 12.0 Å². The van der Waals surface area contributed by atoms with E-state index >= 15 is 0 Å². The third kappa shape index (κ3) is 4.78. The van der Waals surface area contributed by atoms with E-state index in [9.17, 15) is 31.5 Å². The maximum atomic E-state index is 12.8. The number of carbonyl (C=O) groups is 2. The van der Waals surface area contributed by atoms with E-state index in [-0.39, 0.29) is 18.6 Å². The summed E-state index contributed by atoms with van der Waals surface area (Å²) >= 11 is 0. The Hall–Kier alpha value is -1.67. The predicted octanol–water partition coefficient (Wildman–Crippen LogP) is 2.28. The van der Waals surface area contributed by atoms with Gasteiger partial charge < -0.3 is 9.47 Å². The van der Waals surface area contributed by atoms with Gasteiger partial charge in [-0.15, -0.1) is 0 Å². The predicted molar refractivity (Wildman–Crippen MR) is 57.2 cm³/mol. The standard InChI is InChI=1S/C11H13F5O4/c1-7(2)8(17)19-4-3-5-20-9(18)11(15,16)10(13,14)6-12/h1,3-6H2,2H3. The first-order chi connectivity index (χ1) is 9.06. The number of hydrogen-bond acceptors (Lipinski definition) is 4. The van der Waals surface area contributed by atoms with E-state index in [4.69, 9.17) is 0 Å². The van der Waals surface area contributed by atoms with Crippen molar-refractivity contribution in [2.24, 2.45) is 0 Å². The quantitative estimate of drug-likeness (QED) is 0.299. The molecule has 0 aromatic heterocycles. The van der Waals surface area contributed by atoms with Gasteiger partial charge in [-0.3, -0.25) is 0 Å². The highest BCUT2D eigenvalue weighted by Crippen LogP contribution is 2.35. The van der Waals surface area contributed by atoms with Crippen LogP contribution in [0.1, 0.15) is 13.3 Å². The van der Waals surface area contributed by atoms with Gasteiger partial charge in [-0.2, -0.15) is 17.6 Å². The molecule has 4 nitrogen and oxygen atoms in total. The van der Waals surface area contributed by atoms with Crippen molar-refractivity contribution in [2.75, 3.05) is 19.9 Å². The van der Waals surface area contributed by atoms with Crippen LogP contribution in [0.5, 0.6) is 0 Å². The molecule has 0 radical (unpaired) electrons. The molecule has 0 unspecified atom stereocenters. The Bertz CT molecular complexity index is 381. The maximum absolute atomic E-state index is 12.8. The van der Waals surface area contributed by atoms with Gasteiger partial charge in [-0.25, -0.2) is 14.0 Å². The number of halogens is 5. The number of carbonyl (C=O) groups excluding carboxylic acids is 2. The summed E-state index contributed by atoms with van der Waals surface area (Å²) < 4.78 is 70.6. The lowest BCUT2D eigenvalue weighted by Crippen LogP contribution is -2.49. The highest BCUT2D eigenvalue weighted by Gasteiger charge is 2.63. The molecule has 0 heterocycles. The Morgan fingerprint density at radius 3 is 2.05 bits per heavy atom. The topological polar surface area (TPSA) is 52.6 Å². The number of hydrogen-bond donors (Lipinski definition) is 0. The van der Waals surface area contributed by atoms with Gasteiger partial charge in [-0.1, -0.05) is 6.58 Å². The van der Waals surface area contributed by atoms with Crippen LogP contribution in [0, 0.1) is 0 Å². The molecule has 0 saturated carbocycles. The van der Waals surface area contributed by atoms with Gasteiger partial charge in [0.05, 0.1) is 13.2 Å². The number of esters is 2. The van der Waals surface area contributed by atoms with Crippen molar-refractivity contribution >= 4 is 11.9 Å². The van der Waals surface area contributed by atoms with Crippen LogP contribution in [0.25, 0.3) is 0 Å².